The van der Waals surface area contributed by atoms with Crippen molar-refractivity contribution in [3.63, 3.8) is 0 Å². The molecule has 0 bridgehead atoms. The first kappa shape index (κ1) is 15.2. The Kier molecular flexibility index (Phi) is 5.05. The number of thioether (sulfide) groups is 1. The highest BCUT2D eigenvalue weighted by atomic mass is 32.2. The van der Waals surface area contributed by atoms with Crippen LogP contribution in [0.2, 0.25) is 0 Å². The first-order valence-corrected chi connectivity index (χ1v) is 7.35. The minimum Gasteiger partial charge on any atom is -0.496 e. The summed E-state index contributed by atoms with van der Waals surface area (Å²) < 4.78 is 5.31. The maximum atomic E-state index is 11.0. The molecule has 110 valence electrons. The average molecular weight is 304 g/mol. The van der Waals surface area contributed by atoms with Crippen LogP contribution in [0.15, 0.2) is 47.4 Å². The largest absolute Gasteiger partial charge is 0.496 e. The van der Waals surface area contributed by atoms with E-state index in [-0.39, 0.29) is 10.6 Å². The Morgan fingerprint density at radius 2 is 2.00 bits per heavy atom. The van der Waals surface area contributed by atoms with Gasteiger partial charge in [0.1, 0.15) is 11.4 Å². The maximum Gasteiger partial charge on any atom is 0.292 e. The van der Waals surface area contributed by atoms with E-state index in [1.165, 1.54) is 6.07 Å². The lowest BCUT2D eigenvalue weighted by Crippen LogP contribution is -2.00. The van der Waals surface area contributed by atoms with E-state index in [0.29, 0.717) is 11.4 Å². The number of ether oxygens (including phenoxy) is 1. The van der Waals surface area contributed by atoms with Crippen molar-refractivity contribution in [2.75, 3.05) is 19.5 Å². The van der Waals surface area contributed by atoms with E-state index in [4.69, 9.17) is 4.74 Å². The molecule has 0 aliphatic heterocycles. The molecular weight excluding hydrogens is 288 g/mol. The SMILES string of the molecule is CNc1c(CSc2ccccc2OC)cccc1[N+](=O)[O-]. The highest BCUT2D eigenvalue weighted by Crippen LogP contribution is 2.35. The van der Waals surface area contributed by atoms with Crippen LogP contribution in [0, 0.1) is 10.1 Å². The Hall–Kier alpha value is -2.21. The van der Waals surface area contributed by atoms with Crippen molar-refractivity contribution in [3.8, 4) is 5.75 Å². The number of methoxy groups -OCH3 is 1. The van der Waals surface area contributed by atoms with E-state index in [1.807, 2.05) is 30.3 Å². The topological polar surface area (TPSA) is 64.4 Å². The molecule has 0 radical (unpaired) electrons. The van der Waals surface area contributed by atoms with Crippen molar-refractivity contribution in [3.05, 3.63) is 58.1 Å². The standard InChI is InChI=1S/C15H16N2O3S/c1-16-15-11(6-5-7-12(15)17(18)19)10-21-14-9-4-3-8-13(14)20-2/h3-9,16H,10H2,1-2H3. The third kappa shape index (κ3) is 3.46. The molecule has 1 N–H and O–H groups in total. The third-order valence-corrected chi connectivity index (χ3v) is 4.13. The molecule has 0 spiro atoms. The number of nitrogens with zero attached hydrogens (tertiary/aromatic N) is 1. The Morgan fingerprint density at radius 1 is 1.24 bits per heavy atom. The van der Waals surface area contributed by atoms with Gasteiger partial charge in [0.15, 0.2) is 0 Å². The predicted molar refractivity (Wildman–Crippen MR) is 85.2 cm³/mol. The molecule has 21 heavy (non-hydrogen) atoms. The summed E-state index contributed by atoms with van der Waals surface area (Å²) in [4.78, 5) is 11.7. The number of nitrogens with one attached hydrogen (secondary N) is 1. The number of rotatable bonds is 6. The molecule has 2 aromatic carbocycles. The van der Waals surface area contributed by atoms with Gasteiger partial charge in [-0.1, -0.05) is 24.3 Å². The predicted octanol–water partition coefficient (Wildman–Crippen LogP) is 3.94. The molecule has 6 heteroatoms. The normalized spacial score (nSPS) is 10.2. The quantitative estimate of drug-likeness (QED) is 0.497. The van der Waals surface area contributed by atoms with Crippen LogP contribution in [0.25, 0.3) is 0 Å². The number of nitro benzene ring substituents is 1. The Balaban J connectivity index is 2.24. The van der Waals surface area contributed by atoms with Crippen LogP contribution in [0.5, 0.6) is 5.75 Å². The van der Waals surface area contributed by atoms with Crippen LogP contribution in [-0.2, 0) is 5.75 Å². The number of benzene rings is 2. The third-order valence-electron chi connectivity index (χ3n) is 3.03. The summed E-state index contributed by atoms with van der Waals surface area (Å²) in [5.74, 6) is 1.43. The highest BCUT2D eigenvalue weighted by Gasteiger charge is 2.16. The van der Waals surface area contributed by atoms with Gasteiger partial charge in [0.05, 0.1) is 12.0 Å². The van der Waals surface area contributed by atoms with Gasteiger partial charge in [0.2, 0.25) is 0 Å². The van der Waals surface area contributed by atoms with Gasteiger partial charge >= 0.3 is 0 Å². The number of para-hydroxylation sites is 2. The van der Waals surface area contributed by atoms with Crippen LogP contribution in [-0.4, -0.2) is 19.1 Å². The fourth-order valence-corrected chi connectivity index (χ4v) is 3.06. The lowest BCUT2D eigenvalue weighted by molar-refractivity contribution is -0.384. The molecule has 2 rings (SSSR count). The molecule has 0 unspecified atom stereocenters. The van der Waals surface area contributed by atoms with Gasteiger partial charge in [-0.15, -0.1) is 11.8 Å². The van der Waals surface area contributed by atoms with Gasteiger partial charge in [-0.05, 0) is 17.7 Å². The second kappa shape index (κ2) is 6.99. The fraction of sp³-hybridized carbons (Fsp3) is 0.200. The van der Waals surface area contributed by atoms with Crippen molar-refractivity contribution < 1.29 is 9.66 Å². The Labute approximate surface area is 127 Å². The lowest BCUT2D eigenvalue weighted by Gasteiger charge is -2.11. The zero-order chi connectivity index (χ0) is 15.2. The van der Waals surface area contributed by atoms with E-state index in [0.717, 1.165) is 16.2 Å². The first-order chi connectivity index (χ1) is 10.2. The summed E-state index contributed by atoms with van der Waals surface area (Å²) in [6.45, 7) is 0. The first-order valence-electron chi connectivity index (χ1n) is 6.37. The molecule has 0 amide bonds. The summed E-state index contributed by atoms with van der Waals surface area (Å²) in [6, 6.07) is 12.8. The van der Waals surface area contributed by atoms with Gasteiger partial charge < -0.3 is 10.1 Å². The van der Waals surface area contributed by atoms with Crippen LogP contribution in [0.3, 0.4) is 0 Å². The van der Waals surface area contributed by atoms with Gasteiger partial charge in [0, 0.05) is 23.8 Å². The van der Waals surface area contributed by atoms with Crippen LogP contribution < -0.4 is 10.1 Å². The average Bonchev–Trinajstić information content (AvgIpc) is 2.52. The van der Waals surface area contributed by atoms with Crippen molar-refractivity contribution in [2.45, 2.75) is 10.6 Å². The number of anilines is 1. The van der Waals surface area contributed by atoms with E-state index in [9.17, 15) is 10.1 Å². The molecule has 5 nitrogen and oxygen atoms in total. The molecule has 0 heterocycles. The number of hydrogen-bond acceptors (Lipinski definition) is 5. The van der Waals surface area contributed by atoms with E-state index in [1.54, 1.807) is 32.0 Å². The fourth-order valence-electron chi connectivity index (χ4n) is 2.04. The highest BCUT2D eigenvalue weighted by molar-refractivity contribution is 7.98. The van der Waals surface area contributed by atoms with Gasteiger partial charge in [0.25, 0.3) is 5.69 Å². The van der Waals surface area contributed by atoms with Crippen molar-refractivity contribution >= 4 is 23.1 Å². The smallest absolute Gasteiger partial charge is 0.292 e. The Bertz CT molecular complexity index is 647. The number of nitro groups is 1. The molecule has 0 fully saturated rings. The van der Waals surface area contributed by atoms with E-state index in [2.05, 4.69) is 5.32 Å². The molecule has 0 saturated heterocycles. The zero-order valence-corrected chi connectivity index (χ0v) is 12.6. The minimum absolute atomic E-state index is 0.0932. The van der Waals surface area contributed by atoms with Gasteiger partial charge in [-0.3, -0.25) is 10.1 Å². The van der Waals surface area contributed by atoms with E-state index >= 15 is 0 Å². The molecule has 0 aromatic heterocycles. The number of hydrogen-bond donors (Lipinski definition) is 1. The maximum absolute atomic E-state index is 11.0. The lowest BCUT2D eigenvalue weighted by atomic mass is 10.1. The summed E-state index contributed by atoms with van der Waals surface area (Å²) in [7, 11) is 3.32. The second-order valence-electron chi connectivity index (χ2n) is 4.26. The van der Waals surface area contributed by atoms with Crippen molar-refractivity contribution in [1.29, 1.82) is 0 Å². The van der Waals surface area contributed by atoms with Crippen LogP contribution in [0.4, 0.5) is 11.4 Å². The second-order valence-corrected chi connectivity index (χ2v) is 5.28. The van der Waals surface area contributed by atoms with Crippen molar-refractivity contribution in [1.82, 2.24) is 0 Å². The molecule has 0 saturated carbocycles. The molecular formula is C15H16N2O3S. The van der Waals surface area contributed by atoms with Crippen LogP contribution >= 0.6 is 11.8 Å². The Morgan fingerprint density at radius 3 is 2.67 bits per heavy atom. The molecule has 2 aromatic rings. The molecule has 0 aliphatic carbocycles. The summed E-state index contributed by atoms with van der Waals surface area (Å²) in [5.41, 5.74) is 1.54. The zero-order valence-electron chi connectivity index (χ0n) is 11.8. The molecule has 0 aliphatic rings. The van der Waals surface area contributed by atoms with Gasteiger partial charge in [-0.25, -0.2) is 0 Å². The van der Waals surface area contributed by atoms with Crippen molar-refractivity contribution in [2.24, 2.45) is 0 Å². The summed E-state index contributed by atoms with van der Waals surface area (Å²) >= 11 is 1.59. The minimum atomic E-state index is -0.372. The monoisotopic (exact) mass is 304 g/mol. The summed E-state index contributed by atoms with van der Waals surface area (Å²) in [6.07, 6.45) is 0. The van der Waals surface area contributed by atoms with Gasteiger partial charge in [-0.2, -0.15) is 0 Å². The molecule has 0 atom stereocenters. The van der Waals surface area contributed by atoms with Crippen LogP contribution in [0.1, 0.15) is 5.56 Å². The summed E-state index contributed by atoms with van der Waals surface area (Å²) in [5, 5.41) is 14.0. The van der Waals surface area contributed by atoms with E-state index < -0.39 is 0 Å².